The standard InChI is InChI=1S/C20H25N3O3/c1-4-25-19-10-9-16(11-21-19)20(24)22-17-7-5-6-8-18(17)23-12-14(2)26-15(3)13-23/h5-11,14-15H,4,12-13H2,1-3H3,(H,22,24)/t14-,15-/m0/s1. The lowest BCUT2D eigenvalue weighted by molar-refractivity contribution is -0.00517. The van der Waals surface area contributed by atoms with Gasteiger partial charge in [-0.3, -0.25) is 4.79 Å². The molecule has 0 radical (unpaired) electrons. The summed E-state index contributed by atoms with van der Waals surface area (Å²) in [6.07, 6.45) is 1.83. The first kappa shape index (κ1) is 18.2. The van der Waals surface area contributed by atoms with Crippen molar-refractivity contribution in [2.75, 3.05) is 29.9 Å². The lowest BCUT2D eigenvalue weighted by atomic mass is 10.1. The zero-order chi connectivity index (χ0) is 18.5. The van der Waals surface area contributed by atoms with E-state index in [2.05, 4.69) is 29.0 Å². The normalized spacial score (nSPS) is 19.9. The summed E-state index contributed by atoms with van der Waals surface area (Å²) in [5.41, 5.74) is 2.28. The summed E-state index contributed by atoms with van der Waals surface area (Å²) in [5.74, 6) is 0.322. The zero-order valence-electron chi connectivity index (χ0n) is 15.4. The highest BCUT2D eigenvalue weighted by Gasteiger charge is 2.24. The Hall–Kier alpha value is -2.60. The maximum Gasteiger partial charge on any atom is 0.257 e. The number of rotatable bonds is 5. The van der Waals surface area contributed by atoms with Crippen LogP contribution in [0.2, 0.25) is 0 Å². The quantitative estimate of drug-likeness (QED) is 0.891. The summed E-state index contributed by atoms with van der Waals surface area (Å²) in [6, 6.07) is 11.3. The molecule has 6 heteroatoms. The van der Waals surface area contributed by atoms with E-state index in [0.717, 1.165) is 24.5 Å². The van der Waals surface area contributed by atoms with Gasteiger partial charge < -0.3 is 19.7 Å². The van der Waals surface area contributed by atoms with Gasteiger partial charge in [-0.25, -0.2) is 4.98 Å². The van der Waals surface area contributed by atoms with Gasteiger partial charge in [0.1, 0.15) is 0 Å². The number of aromatic nitrogens is 1. The number of para-hydroxylation sites is 2. The van der Waals surface area contributed by atoms with Crippen LogP contribution in [0.3, 0.4) is 0 Å². The number of carbonyl (C=O) groups is 1. The average Bonchev–Trinajstić information content (AvgIpc) is 2.62. The summed E-state index contributed by atoms with van der Waals surface area (Å²) in [4.78, 5) is 19.0. The van der Waals surface area contributed by atoms with Gasteiger partial charge in [-0.15, -0.1) is 0 Å². The number of nitrogens with one attached hydrogen (secondary N) is 1. The molecule has 26 heavy (non-hydrogen) atoms. The first-order chi connectivity index (χ1) is 12.6. The van der Waals surface area contributed by atoms with Crippen LogP contribution >= 0.6 is 0 Å². The van der Waals surface area contributed by atoms with Crippen LogP contribution in [-0.4, -0.2) is 42.8 Å². The van der Waals surface area contributed by atoms with E-state index in [1.54, 1.807) is 12.1 Å². The highest BCUT2D eigenvalue weighted by Crippen LogP contribution is 2.29. The number of anilines is 2. The fourth-order valence-corrected chi connectivity index (χ4v) is 3.17. The van der Waals surface area contributed by atoms with E-state index in [9.17, 15) is 4.79 Å². The molecule has 1 aliphatic rings. The molecule has 2 aromatic rings. The number of carbonyl (C=O) groups excluding carboxylic acids is 1. The highest BCUT2D eigenvalue weighted by molar-refractivity contribution is 6.05. The number of hydrogen-bond donors (Lipinski definition) is 1. The van der Waals surface area contributed by atoms with Crippen molar-refractivity contribution in [2.24, 2.45) is 0 Å². The second-order valence-corrected chi connectivity index (χ2v) is 6.45. The Kier molecular flexibility index (Phi) is 5.73. The molecule has 0 unspecified atom stereocenters. The van der Waals surface area contributed by atoms with Gasteiger partial charge >= 0.3 is 0 Å². The van der Waals surface area contributed by atoms with Crippen molar-refractivity contribution < 1.29 is 14.3 Å². The van der Waals surface area contributed by atoms with Crippen molar-refractivity contribution >= 4 is 17.3 Å². The summed E-state index contributed by atoms with van der Waals surface area (Å²) in [5, 5.41) is 3.00. The highest BCUT2D eigenvalue weighted by atomic mass is 16.5. The predicted octanol–water partition coefficient (Wildman–Crippen LogP) is 3.35. The molecule has 1 aromatic carbocycles. The molecule has 0 spiro atoms. The van der Waals surface area contributed by atoms with Gasteiger partial charge in [0, 0.05) is 25.4 Å². The molecule has 2 atom stereocenters. The number of benzene rings is 1. The first-order valence-corrected chi connectivity index (χ1v) is 8.96. The molecule has 1 aromatic heterocycles. The van der Waals surface area contributed by atoms with Crippen molar-refractivity contribution in [3.63, 3.8) is 0 Å². The molecule has 1 N–H and O–H groups in total. The molecule has 1 fully saturated rings. The lowest BCUT2D eigenvalue weighted by Gasteiger charge is -2.37. The molecule has 0 bridgehead atoms. The number of morpholine rings is 1. The van der Waals surface area contributed by atoms with E-state index in [-0.39, 0.29) is 18.1 Å². The van der Waals surface area contributed by atoms with Crippen molar-refractivity contribution in [2.45, 2.75) is 33.0 Å². The van der Waals surface area contributed by atoms with E-state index < -0.39 is 0 Å². The van der Waals surface area contributed by atoms with Gasteiger partial charge in [-0.1, -0.05) is 12.1 Å². The summed E-state index contributed by atoms with van der Waals surface area (Å²) >= 11 is 0. The minimum Gasteiger partial charge on any atom is -0.478 e. The Morgan fingerprint density at radius 1 is 1.23 bits per heavy atom. The fraction of sp³-hybridized carbons (Fsp3) is 0.400. The number of hydrogen-bond acceptors (Lipinski definition) is 5. The van der Waals surface area contributed by atoms with Gasteiger partial charge in [0.15, 0.2) is 0 Å². The van der Waals surface area contributed by atoms with Gasteiger partial charge in [0.2, 0.25) is 5.88 Å². The Labute approximate surface area is 154 Å². The van der Waals surface area contributed by atoms with Gasteiger partial charge in [-0.2, -0.15) is 0 Å². The molecule has 6 nitrogen and oxygen atoms in total. The van der Waals surface area contributed by atoms with Crippen molar-refractivity contribution in [3.8, 4) is 5.88 Å². The first-order valence-electron chi connectivity index (χ1n) is 8.96. The molecule has 138 valence electrons. The molecule has 1 aliphatic heterocycles. The summed E-state index contributed by atoms with van der Waals surface area (Å²) < 4.78 is 11.1. The maximum atomic E-state index is 12.6. The van der Waals surface area contributed by atoms with Crippen molar-refractivity contribution in [1.29, 1.82) is 0 Å². The van der Waals surface area contributed by atoms with Crippen LogP contribution in [0.4, 0.5) is 11.4 Å². The number of ether oxygens (including phenoxy) is 2. The minimum atomic E-state index is -0.192. The molecule has 1 amide bonds. The molecule has 1 saturated heterocycles. The van der Waals surface area contributed by atoms with E-state index in [1.807, 2.05) is 31.2 Å². The predicted molar refractivity (Wildman–Crippen MR) is 102 cm³/mol. The molecular weight excluding hydrogens is 330 g/mol. The second kappa shape index (κ2) is 8.19. The lowest BCUT2D eigenvalue weighted by Crippen LogP contribution is -2.45. The van der Waals surface area contributed by atoms with E-state index >= 15 is 0 Å². The van der Waals surface area contributed by atoms with Crippen LogP contribution in [0.5, 0.6) is 5.88 Å². The van der Waals surface area contributed by atoms with Crippen LogP contribution in [0, 0.1) is 0 Å². The summed E-state index contributed by atoms with van der Waals surface area (Å²) in [6.45, 7) is 8.16. The van der Waals surface area contributed by atoms with Crippen LogP contribution in [0.15, 0.2) is 42.6 Å². The molecule has 0 saturated carbocycles. The number of pyridine rings is 1. The Morgan fingerprint density at radius 2 is 1.96 bits per heavy atom. The SMILES string of the molecule is CCOc1ccc(C(=O)Nc2ccccc2N2C[C@H](C)O[C@@H](C)C2)cn1. The van der Waals surface area contributed by atoms with E-state index in [1.165, 1.54) is 6.20 Å². The van der Waals surface area contributed by atoms with Gasteiger partial charge in [0.25, 0.3) is 5.91 Å². The smallest absolute Gasteiger partial charge is 0.257 e. The van der Waals surface area contributed by atoms with E-state index in [4.69, 9.17) is 9.47 Å². The largest absolute Gasteiger partial charge is 0.478 e. The van der Waals surface area contributed by atoms with Gasteiger partial charge in [0.05, 0.1) is 35.8 Å². The fourth-order valence-electron chi connectivity index (χ4n) is 3.17. The molecular formula is C20H25N3O3. The van der Waals surface area contributed by atoms with Gasteiger partial charge in [-0.05, 0) is 39.0 Å². The third kappa shape index (κ3) is 4.32. The van der Waals surface area contributed by atoms with Crippen molar-refractivity contribution in [3.05, 3.63) is 48.2 Å². The average molecular weight is 355 g/mol. The molecule has 0 aliphatic carbocycles. The van der Waals surface area contributed by atoms with Crippen LogP contribution < -0.4 is 15.0 Å². The Balaban J connectivity index is 1.76. The minimum absolute atomic E-state index is 0.151. The molecule has 3 rings (SSSR count). The van der Waals surface area contributed by atoms with E-state index in [0.29, 0.717) is 18.1 Å². The number of amides is 1. The Bertz CT molecular complexity index is 738. The maximum absolute atomic E-state index is 12.6. The number of nitrogens with zero attached hydrogens (tertiary/aromatic N) is 2. The Morgan fingerprint density at radius 3 is 2.62 bits per heavy atom. The topological polar surface area (TPSA) is 63.7 Å². The van der Waals surface area contributed by atoms with Crippen LogP contribution in [0.25, 0.3) is 0 Å². The summed E-state index contributed by atoms with van der Waals surface area (Å²) in [7, 11) is 0. The monoisotopic (exact) mass is 355 g/mol. The zero-order valence-corrected chi connectivity index (χ0v) is 15.4. The third-order valence-corrected chi connectivity index (χ3v) is 4.20. The molecule has 2 heterocycles. The van der Waals surface area contributed by atoms with Crippen LogP contribution in [-0.2, 0) is 4.74 Å². The second-order valence-electron chi connectivity index (χ2n) is 6.45. The third-order valence-electron chi connectivity index (χ3n) is 4.20. The van der Waals surface area contributed by atoms with Crippen molar-refractivity contribution in [1.82, 2.24) is 4.98 Å². The van der Waals surface area contributed by atoms with Crippen LogP contribution in [0.1, 0.15) is 31.1 Å².